The highest BCUT2D eigenvalue weighted by Gasteiger charge is 2.33. The van der Waals surface area contributed by atoms with Crippen molar-refractivity contribution in [2.45, 2.75) is 46.4 Å². The molecular formula is C34H32N2O7S. The summed E-state index contributed by atoms with van der Waals surface area (Å²) in [7, 11) is 0. The van der Waals surface area contributed by atoms with E-state index in [1.165, 1.54) is 11.3 Å². The molecule has 0 unspecified atom stereocenters. The summed E-state index contributed by atoms with van der Waals surface area (Å²) in [4.78, 5) is 32.4. The lowest BCUT2D eigenvalue weighted by atomic mass is 9.96. The molecule has 0 radical (unpaired) electrons. The van der Waals surface area contributed by atoms with E-state index >= 15 is 0 Å². The van der Waals surface area contributed by atoms with E-state index in [0.717, 1.165) is 22.4 Å². The number of thiazole rings is 1. The number of nitrogens with zero attached hydrogens (tertiary/aromatic N) is 2. The molecule has 9 nitrogen and oxygen atoms in total. The molecular weight excluding hydrogens is 580 g/mol. The molecule has 44 heavy (non-hydrogen) atoms. The topological polar surface area (TPSA) is 97.6 Å². The maximum absolute atomic E-state index is 13.9. The van der Waals surface area contributed by atoms with Gasteiger partial charge in [-0.05, 0) is 86.9 Å². The lowest BCUT2D eigenvalue weighted by Gasteiger charge is -2.25. The number of benzene rings is 3. The van der Waals surface area contributed by atoms with Crippen LogP contribution < -0.4 is 33.8 Å². The molecule has 0 fully saturated rings. The number of hydrogen-bond donors (Lipinski definition) is 0. The number of carbonyl (C=O) groups is 1. The summed E-state index contributed by atoms with van der Waals surface area (Å²) in [5.74, 6) is 2.35. The van der Waals surface area contributed by atoms with E-state index < -0.39 is 12.0 Å². The molecule has 6 rings (SSSR count). The maximum atomic E-state index is 13.9. The third-order valence-corrected chi connectivity index (χ3v) is 8.09. The van der Waals surface area contributed by atoms with Crippen molar-refractivity contribution < 1.29 is 28.5 Å². The highest BCUT2D eigenvalue weighted by Crippen LogP contribution is 2.33. The van der Waals surface area contributed by atoms with Gasteiger partial charge < -0.3 is 23.7 Å². The number of rotatable bonds is 9. The Hall–Kier alpha value is -4.83. The van der Waals surface area contributed by atoms with Crippen LogP contribution in [0.1, 0.15) is 50.4 Å². The molecule has 2 aliphatic rings. The first-order chi connectivity index (χ1) is 21.3. The quantitative estimate of drug-likeness (QED) is 0.248. The van der Waals surface area contributed by atoms with Crippen molar-refractivity contribution in [3.63, 3.8) is 0 Å². The monoisotopic (exact) mass is 612 g/mol. The van der Waals surface area contributed by atoms with Gasteiger partial charge in [-0.25, -0.2) is 9.79 Å². The van der Waals surface area contributed by atoms with Gasteiger partial charge in [0.2, 0.25) is 6.79 Å². The predicted molar refractivity (Wildman–Crippen MR) is 166 cm³/mol. The second kappa shape index (κ2) is 12.4. The molecule has 3 aromatic carbocycles. The average molecular weight is 613 g/mol. The van der Waals surface area contributed by atoms with E-state index in [-0.39, 0.29) is 18.5 Å². The first kappa shape index (κ1) is 29.3. The van der Waals surface area contributed by atoms with Crippen molar-refractivity contribution in [3.05, 3.63) is 114 Å². The lowest BCUT2D eigenvalue weighted by Crippen LogP contribution is -2.40. The van der Waals surface area contributed by atoms with Crippen LogP contribution in [-0.4, -0.2) is 30.0 Å². The van der Waals surface area contributed by atoms with Crippen LogP contribution in [0.2, 0.25) is 0 Å². The minimum absolute atomic E-state index is 0.229. The molecule has 0 aliphatic carbocycles. The van der Waals surface area contributed by atoms with E-state index in [9.17, 15) is 9.59 Å². The molecule has 4 aromatic rings. The van der Waals surface area contributed by atoms with Gasteiger partial charge in [0.1, 0.15) is 18.1 Å². The number of allylic oxidation sites excluding steroid dienone is 1. The van der Waals surface area contributed by atoms with Gasteiger partial charge in [0, 0.05) is 0 Å². The van der Waals surface area contributed by atoms with E-state index in [4.69, 9.17) is 23.7 Å². The zero-order chi connectivity index (χ0) is 30.8. The van der Waals surface area contributed by atoms with Crippen molar-refractivity contribution in [1.29, 1.82) is 0 Å². The van der Waals surface area contributed by atoms with Gasteiger partial charge in [-0.1, -0.05) is 41.7 Å². The van der Waals surface area contributed by atoms with Crippen LogP contribution in [0.4, 0.5) is 0 Å². The minimum Gasteiger partial charge on any atom is -0.494 e. The van der Waals surface area contributed by atoms with Crippen LogP contribution in [0.3, 0.4) is 0 Å². The Balaban J connectivity index is 1.30. The lowest BCUT2D eigenvalue weighted by molar-refractivity contribution is -0.143. The Morgan fingerprint density at radius 2 is 1.73 bits per heavy atom. The fraction of sp³-hybridized carbons (Fsp3) is 0.265. The van der Waals surface area contributed by atoms with Crippen LogP contribution in [0.5, 0.6) is 23.0 Å². The minimum atomic E-state index is -0.692. The van der Waals surface area contributed by atoms with Gasteiger partial charge in [-0.3, -0.25) is 9.36 Å². The SMILES string of the molecule is CCOc1ccc([C@H]2C(C(=O)OC(C)C)=C(C)N=c3s/c(=C/c4ccc(OCc5ccc6c(c5)OCO6)cc4)c(=O)n32)cc1. The van der Waals surface area contributed by atoms with Gasteiger partial charge in [0.15, 0.2) is 16.3 Å². The highest BCUT2D eigenvalue weighted by molar-refractivity contribution is 7.07. The molecule has 10 heteroatoms. The number of hydrogen-bond acceptors (Lipinski definition) is 9. The van der Waals surface area contributed by atoms with Gasteiger partial charge in [-0.2, -0.15) is 0 Å². The maximum Gasteiger partial charge on any atom is 0.338 e. The second-order valence-corrected chi connectivity index (χ2v) is 11.6. The van der Waals surface area contributed by atoms with E-state index in [1.54, 1.807) is 25.3 Å². The largest absolute Gasteiger partial charge is 0.494 e. The van der Waals surface area contributed by atoms with Gasteiger partial charge >= 0.3 is 5.97 Å². The third-order valence-electron chi connectivity index (χ3n) is 7.11. The summed E-state index contributed by atoms with van der Waals surface area (Å²) in [6.45, 7) is 8.42. The van der Waals surface area contributed by atoms with Crippen molar-refractivity contribution in [1.82, 2.24) is 4.57 Å². The van der Waals surface area contributed by atoms with Crippen molar-refractivity contribution in [2.24, 2.45) is 4.99 Å². The highest BCUT2D eigenvalue weighted by atomic mass is 32.1. The number of esters is 1. The van der Waals surface area contributed by atoms with E-state index in [1.807, 2.05) is 79.7 Å². The molecule has 0 saturated heterocycles. The average Bonchev–Trinajstić information content (AvgIpc) is 3.59. The van der Waals surface area contributed by atoms with Gasteiger partial charge in [-0.15, -0.1) is 0 Å². The Bertz CT molecular complexity index is 1900. The van der Waals surface area contributed by atoms with E-state index in [0.29, 0.717) is 51.1 Å². The summed E-state index contributed by atoms with van der Waals surface area (Å²) in [6, 6.07) is 20.0. The number of aromatic nitrogens is 1. The molecule has 0 amide bonds. The summed E-state index contributed by atoms with van der Waals surface area (Å²) < 4.78 is 30.0. The summed E-state index contributed by atoms with van der Waals surface area (Å²) in [5, 5.41) is 0. The zero-order valence-corrected chi connectivity index (χ0v) is 25.7. The van der Waals surface area contributed by atoms with Crippen LogP contribution in [0, 0.1) is 0 Å². The molecule has 0 bridgehead atoms. The fourth-order valence-electron chi connectivity index (χ4n) is 5.10. The van der Waals surface area contributed by atoms with Crippen molar-refractivity contribution in [3.8, 4) is 23.0 Å². The zero-order valence-electron chi connectivity index (χ0n) is 24.9. The molecule has 1 atom stereocenters. The second-order valence-electron chi connectivity index (χ2n) is 10.6. The third kappa shape index (κ3) is 5.98. The molecule has 0 N–H and O–H groups in total. The van der Waals surface area contributed by atoms with Crippen molar-refractivity contribution in [2.75, 3.05) is 13.4 Å². The Morgan fingerprint density at radius 3 is 2.45 bits per heavy atom. The van der Waals surface area contributed by atoms with Crippen molar-refractivity contribution >= 4 is 23.4 Å². The fourth-order valence-corrected chi connectivity index (χ4v) is 6.14. The summed E-state index contributed by atoms with van der Waals surface area (Å²) in [6.07, 6.45) is 1.50. The van der Waals surface area contributed by atoms with Crippen LogP contribution >= 0.6 is 11.3 Å². The molecule has 3 heterocycles. The van der Waals surface area contributed by atoms with Crippen LogP contribution in [0.15, 0.2) is 87.8 Å². The summed E-state index contributed by atoms with van der Waals surface area (Å²) in [5.41, 5.74) is 3.18. The Labute approximate surface area is 258 Å². The number of fused-ring (bicyclic) bond motifs is 2. The van der Waals surface area contributed by atoms with Gasteiger partial charge in [0.05, 0.1) is 34.6 Å². The Kier molecular flexibility index (Phi) is 8.25. The normalized spacial score (nSPS) is 15.7. The van der Waals surface area contributed by atoms with Gasteiger partial charge in [0.25, 0.3) is 5.56 Å². The molecule has 2 aliphatic heterocycles. The number of carbonyl (C=O) groups excluding carboxylic acids is 1. The smallest absolute Gasteiger partial charge is 0.338 e. The molecule has 0 saturated carbocycles. The Morgan fingerprint density at radius 1 is 1.02 bits per heavy atom. The molecule has 0 spiro atoms. The van der Waals surface area contributed by atoms with E-state index in [2.05, 4.69) is 4.99 Å². The molecule has 226 valence electrons. The van der Waals surface area contributed by atoms with Crippen LogP contribution in [0.25, 0.3) is 6.08 Å². The predicted octanol–water partition coefficient (Wildman–Crippen LogP) is 4.89. The summed E-state index contributed by atoms with van der Waals surface area (Å²) >= 11 is 1.28. The number of ether oxygens (including phenoxy) is 5. The standard InChI is InChI=1S/C34H32N2O7S/c1-5-39-25-13-9-24(10-14-25)31-30(33(38)43-20(2)3)21(4)35-34-36(31)32(37)29(44-34)17-22-6-11-26(12-7-22)40-18-23-8-15-27-28(16-23)42-19-41-27/h6-17,20,31H,5,18-19H2,1-4H3/b29-17+/t31-/m0/s1. The molecule has 1 aromatic heterocycles. The van der Waals surface area contributed by atoms with Crippen LogP contribution in [-0.2, 0) is 16.1 Å². The first-order valence-corrected chi connectivity index (χ1v) is 15.2. The first-order valence-electron chi connectivity index (χ1n) is 14.4.